The average Bonchev–Trinajstić information content (AvgIpc) is 3.05. The molecule has 130 valence electrons. The standard InChI is InChI=1S/C19H19Cl2N3O/c1-12-8-18(22-11-24(2)3)16(21)9-14(12)17-10-19(25-23-17)13-6-4-5-7-15(13)20/h4-9,11,19H,10H2,1-3H3. The lowest BCUT2D eigenvalue weighted by Crippen LogP contribution is -2.07. The molecule has 6 heteroatoms. The third-order valence-corrected chi connectivity index (χ3v) is 4.60. The molecule has 2 aromatic rings. The molecule has 0 fully saturated rings. The molecule has 0 aliphatic carbocycles. The molecule has 0 radical (unpaired) electrons. The predicted molar refractivity (Wildman–Crippen MR) is 104 cm³/mol. The number of hydrogen-bond donors (Lipinski definition) is 0. The van der Waals surface area contributed by atoms with Crippen LogP contribution in [0.25, 0.3) is 0 Å². The minimum atomic E-state index is -0.173. The fourth-order valence-corrected chi connectivity index (χ4v) is 3.16. The summed E-state index contributed by atoms with van der Waals surface area (Å²) in [5.74, 6) is 0. The normalized spacial score (nSPS) is 16.8. The van der Waals surface area contributed by atoms with Gasteiger partial charge in [0.05, 0.1) is 22.8 Å². The van der Waals surface area contributed by atoms with E-state index in [-0.39, 0.29) is 6.10 Å². The third kappa shape index (κ3) is 3.97. The summed E-state index contributed by atoms with van der Waals surface area (Å²) in [6.45, 7) is 2.02. The van der Waals surface area contributed by atoms with Gasteiger partial charge in [-0.05, 0) is 30.7 Å². The number of nitrogens with zero attached hydrogens (tertiary/aromatic N) is 3. The van der Waals surface area contributed by atoms with E-state index in [4.69, 9.17) is 28.0 Å². The van der Waals surface area contributed by atoms with Crippen LogP contribution < -0.4 is 0 Å². The van der Waals surface area contributed by atoms with Gasteiger partial charge in [-0.1, -0.05) is 46.6 Å². The molecule has 0 N–H and O–H groups in total. The number of aliphatic imine (C=N–C) groups is 1. The molecule has 2 aromatic carbocycles. The van der Waals surface area contributed by atoms with Crippen LogP contribution in [-0.2, 0) is 4.84 Å². The van der Waals surface area contributed by atoms with E-state index in [0.29, 0.717) is 16.5 Å². The molecule has 1 aliphatic heterocycles. The number of benzene rings is 2. The maximum atomic E-state index is 6.39. The minimum Gasteiger partial charge on any atom is -0.387 e. The zero-order chi connectivity index (χ0) is 18.0. The minimum absolute atomic E-state index is 0.173. The van der Waals surface area contributed by atoms with E-state index in [0.717, 1.165) is 28.1 Å². The van der Waals surface area contributed by atoms with Crippen molar-refractivity contribution in [1.82, 2.24) is 4.90 Å². The largest absolute Gasteiger partial charge is 0.387 e. The van der Waals surface area contributed by atoms with Crippen LogP contribution in [-0.4, -0.2) is 31.0 Å². The van der Waals surface area contributed by atoms with E-state index in [1.54, 1.807) is 6.34 Å². The van der Waals surface area contributed by atoms with Gasteiger partial charge in [-0.3, -0.25) is 0 Å². The molecule has 1 heterocycles. The lowest BCUT2D eigenvalue weighted by atomic mass is 9.97. The van der Waals surface area contributed by atoms with Gasteiger partial charge in [0.2, 0.25) is 0 Å². The molecule has 0 spiro atoms. The zero-order valence-electron chi connectivity index (χ0n) is 14.3. The number of aryl methyl sites for hydroxylation is 1. The Morgan fingerprint density at radius 2 is 1.96 bits per heavy atom. The Hall–Kier alpha value is -2.04. The van der Waals surface area contributed by atoms with Crippen molar-refractivity contribution in [2.24, 2.45) is 10.1 Å². The van der Waals surface area contributed by atoms with Crippen LogP contribution in [0, 0.1) is 6.92 Å². The Labute approximate surface area is 157 Å². The molecule has 1 aliphatic rings. The summed E-state index contributed by atoms with van der Waals surface area (Å²) in [4.78, 5) is 11.9. The van der Waals surface area contributed by atoms with Gasteiger partial charge in [-0.15, -0.1) is 0 Å². The number of halogens is 2. The van der Waals surface area contributed by atoms with Crippen molar-refractivity contribution >= 4 is 40.9 Å². The van der Waals surface area contributed by atoms with Crippen LogP contribution in [0.2, 0.25) is 10.0 Å². The highest BCUT2D eigenvalue weighted by Gasteiger charge is 2.26. The highest BCUT2D eigenvalue weighted by atomic mass is 35.5. The molecular weight excluding hydrogens is 357 g/mol. The molecule has 3 rings (SSSR count). The average molecular weight is 376 g/mol. The second-order valence-electron chi connectivity index (χ2n) is 6.18. The first kappa shape index (κ1) is 17.8. The summed E-state index contributed by atoms with van der Waals surface area (Å²) in [6, 6.07) is 11.5. The van der Waals surface area contributed by atoms with E-state index in [1.165, 1.54) is 0 Å². The second-order valence-corrected chi connectivity index (χ2v) is 7.00. The summed E-state index contributed by atoms with van der Waals surface area (Å²) in [5, 5.41) is 5.54. The SMILES string of the molecule is Cc1cc(N=CN(C)C)c(Cl)cc1C1=NOC(c2ccccc2Cl)C1. The lowest BCUT2D eigenvalue weighted by molar-refractivity contribution is 0.0858. The Morgan fingerprint density at radius 1 is 1.20 bits per heavy atom. The van der Waals surface area contributed by atoms with Gasteiger partial charge >= 0.3 is 0 Å². The second kappa shape index (κ2) is 7.46. The fraction of sp³-hybridized carbons (Fsp3) is 0.263. The van der Waals surface area contributed by atoms with E-state index in [2.05, 4.69) is 10.1 Å². The van der Waals surface area contributed by atoms with E-state index in [9.17, 15) is 0 Å². The van der Waals surface area contributed by atoms with Crippen LogP contribution in [0.15, 0.2) is 46.5 Å². The van der Waals surface area contributed by atoms with Gasteiger partial charge in [0.25, 0.3) is 0 Å². The van der Waals surface area contributed by atoms with Crippen LogP contribution in [0.1, 0.15) is 29.2 Å². The zero-order valence-corrected chi connectivity index (χ0v) is 15.8. The first-order chi connectivity index (χ1) is 12.0. The highest BCUT2D eigenvalue weighted by molar-refractivity contribution is 6.33. The molecule has 0 aromatic heterocycles. The predicted octanol–water partition coefficient (Wildman–Crippen LogP) is 5.39. The van der Waals surface area contributed by atoms with E-state index >= 15 is 0 Å². The molecule has 1 atom stereocenters. The molecule has 1 unspecified atom stereocenters. The van der Waals surface area contributed by atoms with Crippen molar-refractivity contribution in [2.75, 3.05) is 14.1 Å². The summed E-state index contributed by atoms with van der Waals surface area (Å²) in [6.07, 6.45) is 2.21. The summed E-state index contributed by atoms with van der Waals surface area (Å²) in [5.41, 5.74) is 4.57. The Balaban J connectivity index is 1.84. The van der Waals surface area contributed by atoms with Gasteiger partial charge < -0.3 is 9.74 Å². The Bertz CT molecular complexity index is 847. The maximum absolute atomic E-state index is 6.39. The van der Waals surface area contributed by atoms with Gasteiger partial charge in [0.15, 0.2) is 6.10 Å². The summed E-state index contributed by atoms with van der Waals surface area (Å²) in [7, 11) is 3.83. The Morgan fingerprint density at radius 3 is 2.68 bits per heavy atom. The number of rotatable bonds is 4. The van der Waals surface area contributed by atoms with E-state index < -0.39 is 0 Å². The summed E-state index contributed by atoms with van der Waals surface area (Å²) >= 11 is 12.7. The number of hydrogen-bond acceptors (Lipinski definition) is 3. The van der Waals surface area contributed by atoms with Crippen molar-refractivity contribution in [3.63, 3.8) is 0 Å². The van der Waals surface area contributed by atoms with Crippen molar-refractivity contribution in [3.8, 4) is 0 Å². The van der Waals surface area contributed by atoms with E-state index in [1.807, 2.05) is 62.3 Å². The van der Waals surface area contributed by atoms with Gasteiger partial charge in [-0.2, -0.15) is 0 Å². The topological polar surface area (TPSA) is 37.2 Å². The molecular formula is C19H19Cl2N3O. The molecule has 0 saturated carbocycles. The molecule has 4 nitrogen and oxygen atoms in total. The smallest absolute Gasteiger partial charge is 0.159 e. The first-order valence-electron chi connectivity index (χ1n) is 7.94. The fourth-order valence-electron chi connectivity index (χ4n) is 2.69. The highest BCUT2D eigenvalue weighted by Crippen LogP contribution is 2.36. The monoisotopic (exact) mass is 375 g/mol. The molecule has 25 heavy (non-hydrogen) atoms. The first-order valence-corrected chi connectivity index (χ1v) is 8.69. The van der Waals surface area contributed by atoms with Crippen LogP contribution in [0.3, 0.4) is 0 Å². The molecule has 0 saturated heterocycles. The molecule has 0 bridgehead atoms. The quantitative estimate of drug-likeness (QED) is 0.530. The number of oxime groups is 1. The Kier molecular flexibility index (Phi) is 5.30. The third-order valence-electron chi connectivity index (χ3n) is 3.95. The van der Waals surface area contributed by atoms with Gasteiger partial charge in [-0.25, -0.2) is 4.99 Å². The summed E-state index contributed by atoms with van der Waals surface area (Å²) < 4.78 is 0. The van der Waals surface area contributed by atoms with Crippen molar-refractivity contribution < 1.29 is 4.84 Å². The van der Waals surface area contributed by atoms with Gasteiger partial charge in [0.1, 0.15) is 0 Å². The van der Waals surface area contributed by atoms with Crippen molar-refractivity contribution in [1.29, 1.82) is 0 Å². The lowest BCUT2D eigenvalue weighted by Gasteiger charge is -2.11. The maximum Gasteiger partial charge on any atom is 0.159 e. The van der Waals surface area contributed by atoms with Crippen LogP contribution in [0.5, 0.6) is 0 Å². The molecule has 0 amide bonds. The van der Waals surface area contributed by atoms with Crippen molar-refractivity contribution in [2.45, 2.75) is 19.4 Å². The van der Waals surface area contributed by atoms with Crippen LogP contribution >= 0.6 is 23.2 Å². The van der Waals surface area contributed by atoms with Gasteiger partial charge in [0, 0.05) is 36.7 Å². The van der Waals surface area contributed by atoms with Crippen LogP contribution in [0.4, 0.5) is 5.69 Å². The van der Waals surface area contributed by atoms with Crippen molar-refractivity contribution in [3.05, 3.63) is 63.1 Å².